The van der Waals surface area contributed by atoms with Crippen molar-refractivity contribution in [1.29, 1.82) is 0 Å². The molecule has 0 saturated heterocycles. The topological polar surface area (TPSA) is 9.23 Å². The largest absolute Gasteiger partial charge is 0.489 e. The molecule has 1 aliphatic carbocycles. The zero-order valence-corrected chi connectivity index (χ0v) is 17.3. The SMILES string of the molecule is CCCCCc1ccc(OCc2ccc([C@H]3CC[C@H](CC)CC3)cc2)cc1. The number of hydrogen-bond donors (Lipinski definition) is 0. The highest BCUT2D eigenvalue weighted by molar-refractivity contribution is 5.29. The zero-order chi connectivity index (χ0) is 18.9. The third kappa shape index (κ3) is 6.13. The molecule has 2 aromatic rings. The second-order valence-electron chi connectivity index (χ2n) is 8.26. The molecule has 27 heavy (non-hydrogen) atoms. The molecule has 0 aliphatic heterocycles. The van der Waals surface area contributed by atoms with Crippen molar-refractivity contribution in [3.05, 3.63) is 65.2 Å². The summed E-state index contributed by atoms with van der Waals surface area (Å²) < 4.78 is 5.99. The van der Waals surface area contributed by atoms with E-state index in [-0.39, 0.29) is 0 Å². The summed E-state index contributed by atoms with van der Waals surface area (Å²) in [5.74, 6) is 2.70. The lowest BCUT2D eigenvalue weighted by molar-refractivity contribution is 0.305. The highest BCUT2D eigenvalue weighted by atomic mass is 16.5. The number of ether oxygens (including phenoxy) is 1. The average Bonchev–Trinajstić information content (AvgIpc) is 2.74. The standard InChI is InChI=1S/C26H36O/c1-3-5-6-7-22-12-18-26(19-13-22)27-20-23-10-16-25(17-11-23)24-14-8-21(4-2)9-15-24/h10-13,16-19,21,24H,3-9,14-15,20H2,1-2H3/t21-,24-. The van der Waals surface area contributed by atoms with E-state index in [0.29, 0.717) is 6.61 Å². The highest BCUT2D eigenvalue weighted by Crippen LogP contribution is 2.36. The van der Waals surface area contributed by atoms with Crippen LogP contribution in [0.15, 0.2) is 48.5 Å². The van der Waals surface area contributed by atoms with Crippen LogP contribution in [0.1, 0.15) is 87.8 Å². The first-order valence-corrected chi connectivity index (χ1v) is 11.1. The number of rotatable bonds is 9. The summed E-state index contributed by atoms with van der Waals surface area (Å²) in [6, 6.07) is 17.8. The summed E-state index contributed by atoms with van der Waals surface area (Å²) >= 11 is 0. The molecule has 1 fully saturated rings. The lowest BCUT2D eigenvalue weighted by Crippen LogP contribution is -2.12. The smallest absolute Gasteiger partial charge is 0.119 e. The van der Waals surface area contributed by atoms with Crippen molar-refractivity contribution in [3.8, 4) is 5.75 Å². The molecule has 0 atom stereocenters. The summed E-state index contributed by atoms with van der Waals surface area (Å²) in [4.78, 5) is 0. The van der Waals surface area contributed by atoms with Crippen LogP contribution in [0.4, 0.5) is 0 Å². The molecular formula is C26H36O. The van der Waals surface area contributed by atoms with E-state index in [1.54, 1.807) is 0 Å². The molecule has 0 radical (unpaired) electrons. The predicted molar refractivity (Wildman–Crippen MR) is 115 cm³/mol. The molecular weight excluding hydrogens is 328 g/mol. The third-order valence-corrected chi connectivity index (χ3v) is 6.27. The maximum atomic E-state index is 5.99. The summed E-state index contributed by atoms with van der Waals surface area (Å²) in [6.07, 6.45) is 11.9. The molecule has 0 bridgehead atoms. The number of hydrogen-bond acceptors (Lipinski definition) is 1. The fourth-order valence-corrected chi connectivity index (χ4v) is 4.29. The van der Waals surface area contributed by atoms with Gasteiger partial charge in [0.1, 0.15) is 12.4 Å². The molecule has 1 heteroatoms. The number of unbranched alkanes of at least 4 members (excludes halogenated alkanes) is 2. The van der Waals surface area contributed by atoms with Gasteiger partial charge in [-0.1, -0.05) is 69.5 Å². The van der Waals surface area contributed by atoms with Crippen molar-refractivity contribution in [1.82, 2.24) is 0 Å². The van der Waals surface area contributed by atoms with Gasteiger partial charge in [0.2, 0.25) is 0 Å². The number of aryl methyl sites for hydroxylation is 1. The number of benzene rings is 2. The Labute approximate surface area is 166 Å². The average molecular weight is 365 g/mol. The zero-order valence-electron chi connectivity index (χ0n) is 17.3. The molecule has 146 valence electrons. The van der Waals surface area contributed by atoms with Crippen molar-refractivity contribution >= 4 is 0 Å². The summed E-state index contributed by atoms with van der Waals surface area (Å²) in [6.45, 7) is 5.23. The van der Waals surface area contributed by atoms with E-state index in [1.807, 2.05) is 0 Å². The van der Waals surface area contributed by atoms with Crippen LogP contribution in [0, 0.1) is 5.92 Å². The van der Waals surface area contributed by atoms with E-state index in [1.165, 1.54) is 74.5 Å². The van der Waals surface area contributed by atoms with Crippen LogP contribution in [-0.2, 0) is 13.0 Å². The van der Waals surface area contributed by atoms with E-state index in [4.69, 9.17) is 4.74 Å². The highest BCUT2D eigenvalue weighted by Gasteiger charge is 2.21. The Morgan fingerprint density at radius 2 is 1.44 bits per heavy atom. The van der Waals surface area contributed by atoms with Gasteiger partial charge in [-0.25, -0.2) is 0 Å². The Morgan fingerprint density at radius 3 is 2.07 bits per heavy atom. The van der Waals surface area contributed by atoms with Gasteiger partial charge in [-0.15, -0.1) is 0 Å². The molecule has 0 unspecified atom stereocenters. The Morgan fingerprint density at radius 1 is 0.778 bits per heavy atom. The fourth-order valence-electron chi connectivity index (χ4n) is 4.29. The van der Waals surface area contributed by atoms with E-state index < -0.39 is 0 Å². The van der Waals surface area contributed by atoms with Crippen LogP contribution >= 0.6 is 0 Å². The first-order chi connectivity index (χ1) is 13.3. The van der Waals surface area contributed by atoms with Gasteiger partial charge in [-0.3, -0.25) is 0 Å². The van der Waals surface area contributed by atoms with Gasteiger partial charge in [0, 0.05) is 0 Å². The monoisotopic (exact) mass is 364 g/mol. The van der Waals surface area contributed by atoms with Crippen LogP contribution in [0.3, 0.4) is 0 Å². The Bertz CT molecular complexity index is 648. The quantitative estimate of drug-likeness (QED) is 0.414. The summed E-state index contributed by atoms with van der Waals surface area (Å²) in [5.41, 5.74) is 4.19. The van der Waals surface area contributed by atoms with E-state index >= 15 is 0 Å². The van der Waals surface area contributed by atoms with Gasteiger partial charge in [-0.05, 0) is 79.2 Å². The van der Waals surface area contributed by atoms with Crippen LogP contribution in [0.5, 0.6) is 5.75 Å². The van der Waals surface area contributed by atoms with E-state index in [0.717, 1.165) is 17.6 Å². The van der Waals surface area contributed by atoms with E-state index in [2.05, 4.69) is 62.4 Å². The van der Waals surface area contributed by atoms with Crippen molar-refractivity contribution in [3.63, 3.8) is 0 Å². The molecule has 1 saturated carbocycles. The molecule has 3 rings (SSSR count). The minimum absolute atomic E-state index is 0.651. The van der Waals surface area contributed by atoms with Gasteiger partial charge in [-0.2, -0.15) is 0 Å². The van der Waals surface area contributed by atoms with Crippen molar-refractivity contribution < 1.29 is 4.74 Å². The van der Waals surface area contributed by atoms with E-state index in [9.17, 15) is 0 Å². The minimum atomic E-state index is 0.651. The molecule has 0 amide bonds. The van der Waals surface area contributed by atoms with Gasteiger partial charge in [0.05, 0.1) is 0 Å². The predicted octanol–water partition coefficient (Wildman–Crippen LogP) is 7.68. The van der Waals surface area contributed by atoms with Crippen LogP contribution in [0.2, 0.25) is 0 Å². The molecule has 1 aliphatic rings. The van der Waals surface area contributed by atoms with Gasteiger partial charge >= 0.3 is 0 Å². The van der Waals surface area contributed by atoms with Crippen LogP contribution in [-0.4, -0.2) is 0 Å². The second-order valence-corrected chi connectivity index (χ2v) is 8.26. The molecule has 0 heterocycles. The Balaban J connectivity index is 1.46. The maximum absolute atomic E-state index is 5.99. The van der Waals surface area contributed by atoms with Crippen LogP contribution < -0.4 is 4.74 Å². The maximum Gasteiger partial charge on any atom is 0.119 e. The second kappa shape index (κ2) is 10.5. The normalized spacial score (nSPS) is 19.8. The van der Waals surface area contributed by atoms with Gasteiger partial charge < -0.3 is 4.74 Å². The lowest BCUT2D eigenvalue weighted by Gasteiger charge is -2.28. The fraction of sp³-hybridized carbons (Fsp3) is 0.538. The van der Waals surface area contributed by atoms with Crippen molar-refractivity contribution in [2.24, 2.45) is 5.92 Å². The summed E-state index contributed by atoms with van der Waals surface area (Å²) in [5, 5.41) is 0. The summed E-state index contributed by atoms with van der Waals surface area (Å²) in [7, 11) is 0. The molecule has 0 N–H and O–H groups in total. The van der Waals surface area contributed by atoms with Gasteiger partial charge in [0.25, 0.3) is 0 Å². The van der Waals surface area contributed by atoms with Crippen molar-refractivity contribution in [2.45, 2.75) is 84.2 Å². The molecule has 1 nitrogen and oxygen atoms in total. The Kier molecular flexibility index (Phi) is 7.80. The third-order valence-electron chi connectivity index (χ3n) is 6.27. The molecule has 2 aromatic carbocycles. The first-order valence-electron chi connectivity index (χ1n) is 11.1. The first kappa shape index (κ1) is 20.0. The van der Waals surface area contributed by atoms with Crippen LogP contribution in [0.25, 0.3) is 0 Å². The van der Waals surface area contributed by atoms with Gasteiger partial charge in [0.15, 0.2) is 0 Å². The van der Waals surface area contributed by atoms with Crippen molar-refractivity contribution in [2.75, 3.05) is 0 Å². The molecule has 0 spiro atoms. The lowest BCUT2D eigenvalue weighted by atomic mass is 9.78. The molecule has 0 aromatic heterocycles. The Hall–Kier alpha value is -1.76. The minimum Gasteiger partial charge on any atom is -0.489 e.